The number of imide groups is 2. The minimum absolute atomic E-state index is 0.0905. The minimum Gasteiger partial charge on any atom is -0.457 e. The van der Waals surface area contributed by atoms with Crippen molar-refractivity contribution in [3.8, 4) is 11.5 Å². The van der Waals surface area contributed by atoms with Gasteiger partial charge in [-0.2, -0.15) is 0 Å². The van der Waals surface area contributed by atoms with E-state index >= 15 is 0 Å². The van der Waals surface area contributed by atoms with Crippen LogP contribution in [0.15, 0.2) is 83.4 Å². The zero-order valence-electron chi connectivity index (χ0n) is 38.0. The van der Waals surface area contributed by atoms with Crippen LogP contribution in [-0.2, 0) is 19.2 Å². The summed E-state index contributed by atoms with van der Waals surface area (Å²) in [7, 11) is 0. The van der Waals surface area contributed by atoms with Crippen molar-refractivity contribution in [1.29, 1.82) is 0 Å². The van der Waals surface area contributed by atoms with Crippen LogP contribution in [0.25, 0.3) is 5.70 Å². The molecule has 6 amide bonds. The summed E-state index contributed by atoms with van der Waals surface area (Å²) < 4.78 is 5.91. The number of likely N-dealkylation sites (tertiary alicyclic amines) is 1. The molecule has 0 bridgehead atoms. The summed E-state index contributed by atoms with van der Waals surface area (Å²) in [6.07, 6.45) is 10.0. The van der Waals surface area contributed by atoms with Gasteiger partial charge in [0.25, 0.3) is 17.7 Å². The number of amidine groups is 1. The summed E-state index contributed by atoms with van der Waals surface area (Å²) >= 11 is 0. The molecule has 0 spiro atoms. The Morgan fingerprint density at radius 2 is 1.45 bits per heavy atom. The third-order valence-electron chi connectivity index (χ3n) is 14.8. The lowest BCUT2D eigenvalue weighted by molar-refractivity contribution is -0.136. The van der Waals surface area contributed by atoms with Gasteiger partial charge in [0.15, 0.2) is 0 Å². The first kappa shape index (κ1) is 45.6. The number of aliphatic imine (C=N–C) groups is 1. The van der Waals surface area contributed by atoms with Gasteiger partial charge in [-0.1, -0.05) is 18.2 Å². The lowest BCUT2D eigenvalue weighted by Crippen LogP contribution is -2.54. The maximum atomic E-state index is 13.4. The molecule has 0 aromatic heterocycles. The predicted molar refractivity (Wildman–Crippen MR) is 253 cm³/mol. The van der Waals surface area contributed by atoms with Gasteiger partial charge in [-0.15, -0.1) is 0 Å². The van der Waals surface area contributed by atoms with Crippen LogP contribution in [0, 0.1) is 11.8 Å². The summed E-state index contributed by atoms with van der Waals surface area (Å²) in [5.41, 5.74) is 15.1. The Morgan fingerprint density at radius 3 is 2.15 bits per heavy atom. The van der Waals surface area contributed by atoms with Crippen LogP contribution < -0.4 is 31.7 Å². The number of nitrogens with two attached hydrogens (primary N) is 2. The van der Waals surface area contributed by atoms with Gasteiger partial charge in [0.2, 0.25) is 17.7 Å². The van der Waals surface area contributed by atoms with Gasteiger partial charge in [-0.3, -0.25) is 48.9 Å². The van der Waals surface area contributed by atoms with Gasteiger partial charge in [-0.05, 0) is 136 Å². The Labute approximate surface area is 391 Å². The zero-order valence-corrected chi connectivity index (χ0v) is 38.0. The summed E-state index contributed by atoms with van der Waals surface area (Å²) in [5, 5.41) is 5.76. The van der Waals surface area contributed by atoms with E-state index in [1.807, 2.05) is 41.3 Å². The number of hydrogen-bond donors (Lipinski definition) is 4. The standard InChI is InChI=1S/C51H61N9O7/c52-46(34-11-16-38(17-12-34)67-37-6-2-1-3-7-37)45(47(53)63)48-54-24-21-41(55-48)33-22-25-59(26-23-33)44(62)8-4-5-32-9-13-35(14-10-32)57-27-29-58(30-28-57)36-15-18-39-40(31-36)51(66)60(50(39)65)42-19-20-43(61)56-49(42)64/h1-3,6-7,11-12,15-18,31-33,35,41-42H,4-5,8-10,13-14,19-30,52H2,(H2,53,63)(H,54,55)(H,56,61,64)/t32?,35?,41-,42?/m0/s1. The first-order chi connectivity index (χ1) is 32.5. The number of rotatable bonds is 13. The molecule has 5 aliphatic heterocycles. The maximum absolute atomic E-state index is 13.4. The molecule has 4 fully saturated rings. The molecule has 352 valence electrons. The number of primary amides is 1. The molecule has 6 aliphatic rings. The second-order valence-electron chi connectivity index (χ2n) is 18.8. The number of piperidine rings is 2. The smallest absolute Gasteiger partial charge is 0.262 e. The number of nitrogens with zero attached hydrogens (tertiary/aromatic N) is 5. The number of hydrogen-bond acceptors (Lipinski definition) is 12. The van der Waals surface area contributed by atoms with Gasteiger partial charge in [0.05, 0.1) is 16.8 Å². The number of carbonyl (C=O) groups is 6. The topological polar surface area (TPSA) is 213 Å². The highest BCUT2D eigenvalue weighted by Gasteiger charge is 2.45. The Balaban J connectivity index is 0.678. The summed E-state index contributed by atoms with van der Waals surface area (Å²) in [6.45, 7) is 5.46. The number of nitrogens with one attached hydrogen (secondary N) is 2. The number of benzene rings is 3. The van der Waals surface area contributed by atoms with E-state index in [0.29, 0.717) is 59.1 Å². The molecule has 67 heavy (non-hydrogen) atoms. The number of ether oxygens (including phenoxy) is 1. The second kappa shape index (κ2) is 20.1. The molecule has 2 atom stereocenters. The van der Waals surface area contributed by atoms with Gasteiger partial charge in [0.1, 0.15) is 28.9 Å². The summed E-state index contributed by atoms with van der Waals surface area (Å²) in [5.74, 6) is 0.380. The van der Waals surface area contributed by atoms with Crippen molar-refractivity contribution >= 4 is 52.7 Å². The van der Waals surface area contributed by atoms with Gasteiger partial charge in [-0.25, -0.2) is 0 Å². The molecule has 3 aromatic carbocycles. The second-order valence-corrected chi connectivity index (χ2v) is 18.8. The van der Waals surface area contributed by atoms with E-state index in [1.54, 1.807) is 36.4 Å². The largest absolute Gasteiger partial charge is 0.457 e. The number of para-hydroxylation sites is 1. The Bertz CT molecular complexity index is 2430. The Hall–Kier alpha value is -6.55. The quantitative estimate of drug-likeness (QED) is 0.138. The van der Waals surface area contributed by atoms with Crippen molar-refractivity contribution in [1.82, 2.24) is 25.3 Å². The van der Waals surface area contributed by atoms with Crippen LogP contribution in [0.4, 0.5) is 5.69 Å². The van der Waals surface area contributed by atoms with Crippen LogP contribution in [-0.4, -0.2) is 120 Å². The number of anilines is 1. The van der Waals surface area contributed by atoms with Gasteiger partial charge < -0.3 is 31.3 Å². The molecule has 9 rings (SSSR count). The average molecular weight is 912 g/mol. The lowest BCUT2D eigenvalue weighted by Gasteiger charge is -2.42. The fraction of sp³-hybridized carbons (Fsp3) is 0.471. The molecule has 1 saturated carbocycles. The molecule has 3 aromatic rings. The molecule has 16 heteroatoms. The molecule has 16 nitrogen and oxygen atoms in total. The molecular formula is C51H61N9O7. The number of carbonyl (C=O) groups excluding carboxylic acids is 6. The van der Waals surface area contributed by atoms with E-state index < -0.39 is 35.6 Å². The Morgan fingerprint density at radius 1 is 0.746 bits per heavy atom. The normalized spacial score (nSPS) is 24.4. The van der Waals surface area contributed by atoms with Gasteiger partial charge in [0, 0.05) is 76.4 Å². The molecule has 1 unspecified atom stereocenters. The molecule has 1 aliphatic carbocycles. The van der Waals surface area contributed by atoms with Crippen molar-refractivity contribution in [2.24, 2.45) is 28.3 Å². The van der Waals surface area contributed by atoms with Crippen molar-refractivity contribution in [2.45, 2.75) is 95.2 Å². The highest BCUT2D eigenvalue weighted by molar-refractivity contribution is 6.25. The Kier molecular flexibility index (Phi) is 13.7. The van der Waals surface area contributed by atoms with E-state index in [9.17, 15) is 28.8 Å². The van der Waals surface area contributed by atoms with Crippen LogP contribution in [0.2, 0.25) is 0 Å². The zero-order chi connectivity index (χ0) is 46.6. The highest BCUT2D eigenvalue weighted by atomic mass is 16.5. The average Bonchev–Trinajstić information content (AvgIpc) is 3.59. The highest BCUT2D eigenvalue weighted by Crippen LogP contribution is 2.35. The summed E-state index contributed by atoms with van der Waals surface area (Å²) in [6, 6.07) is 21.7. The van der Waals surface area contributed by atoms with Crippen LogP contribution in [0.5, 0.6) is 11.5 Å². The van der Waals surface area contributed by atoms with Gasteiger partial charge >= 0.3 is 0 Å². The molecule has 3 saturated heterocycles. The molecule has 0 radical (unpaired) electrons. The third-order valence-corrected chi connectivity index (χ3v) is 14.8. The van der Waals surface area contributed by atoms with E-state index in [4.69, 9.17) is 16.2 Å². The predicted octanol–water partition coefficient (Wildman–Crippen LogP) is 4.59. The monoisotopic (exact) mass is 911 g/mol. The lowest BCUT2D eigenvalue weighted by atomic mass is 9.82. The maximum Gasteiger partial charge on any atom is 0.262 e. The van der Waals surface area contributed by atoms with E-state index in [1.165, 1.54) is 12.8 Å². The minimum atomic E-state index is -0.975. The first-order valence-corrected chi connectivity index (χ1v) is 24.1. The fourth-order valence-electron chi connectivity index (χ4n) is 11.0. The fourth-order valence-corrected chi connectivity index (χ4v) is 11.0. The van der Waals surface area contributed by atoms with Crippen molar-refractivity contribution in [3.05, 3.63) is 95.1 Å². The molecule has 6 N–H and O–H groups in total. The third kappa shape index (κ3) is 10.1. The SMILES string of the molecule is NC(=O)C(C1=NCC[C@@H](C2CCN(C(=O)CCCC3CCC(N4CCN(c5ccc6c(c5)C(=O)N(C5CCC(=O)NC5=O)C6=O)CC4)CC3)CC2)N1)=C(N)c1ccc(Oc2ccccc2)cc1. The van der Waals surface area contributed by atoms with Crippen molar-refractivity contribution in [2.75, 3.05) is 50.7 Å². The van der Waals surface area contributed by atoms with Crippen LogP contribution >= 0.6 is 0 Å². The van der Waals surface area contributed by atoms with E-state index in [0.717, 1.165) is 101 Å². The first-order valence-electron chi connectivity index (χ1n) is 24.1. The number of fused-ring (bicyclic) bond motifs is 1. The number of amides is 6. The van der Waals surface area contributed by atoms with Crippen LogP contribution in [0.1, 0.15) is 103 Å². The molecular weight excluding hydrogens is 851 g/mol. The van der Waals surface area contributed by atoms with E-state index in [-0.39, 0.29) is 36.1 Å². The number of piperazine rings is 1. The van der Waals surface area contributed by atoms with E-state index in [2.05, 4.69) is 25.4 Å². The van der Waals surface area contributed by atoms with Crippen molar-refractivity contribution < 1.29 is 33.5 Å². The molecule has 5 heterocycles. The van der Waals surface area contributed by atoms with Crippen molar-refractivity contribution in [3.63, 3.8) is 0 Å². The van der Waals surface area contributed by atoms with Crippen LogP contribution in [0.3, 0.4) is 0 Å². The summed E-state index contributed by atoms with van der Waals surface area (Å²) in [4.78, 5) is 89.4.